The molecule has 3 rings (SSSR count). The lowest BCUT2D eigenvalue weighted by Gasteiger charge is -2.20. The van der Waals surface area contributed by atoms with Crippen molar-refractivity contribution in [2.24, 2.45) is 0 Å². The number of nitrogens with one attached hydrogen (secondary N) is 2. The molecule has 6 heteroatoms. The molecule has 1 unspecified atom stereocenters. The van der Waals surface area contributed by atoms with Crippen molar-refractivity contribution in [3.05, 3.63) is 35.4 Å². The van der Waals surface area contributed by atoms with Crippen LogP contribution in [0.3, 0.4) is 0 Å². The highest BCUT2D eigenvalue weighted by atomic mass is 35.5. The Morgan fingerprint density at radius 2 is 2.05 bits per heavy atom. The minimum Gasteiger partial charge on any atom is -0.354 e. The van der Waals surface area contributed by atoms with E-state index in [-0.39, 0.29) is 23.7 Å². The van der Waals surface area contributed by atoms with Crippen LogP contribution >= 0.6 is 12.4 Å². The molecule has 2 aliphatic rings. The lowest BCUT2D eigenvalue weighted by Crippen LogP contribution is -2.43. The summed E-state index contributed by atoms with van der Waals surface area (Å²) in [5.74, 6) is -3.08. The predicted molar refractivity (Wildman–Crippen MR) is 83.7 cm³/mol. The number of hydrogen-bond acceptors (Lipinski definition) is 2. The molecule has 1 aromatic rings. The zero-order valence-corrected chi connectivity index (χ0v) is 13.3. The SMILES string of the molecule is Cc1ccccc1C1(CNC(=O)C2CC(F)(F)CN2)CC1.Cl. The summed E-state index contributed by atoms with van der Waals surface area (Å²) >= 11 is 0. The third-order valence-electron chi connectivity index (χ3n) is 4.60. The Balaban J connectivity index is 0.00000176. The van der Waals surface area contributed by atoms with E-state index in [4.69, 9.17) is 0 Å². The average molecular weight is 331 g/mol. The van der Waals surface area contributed by atoms with Gasteiger partial charge in [0.2, 0.25) is 5.91 Å². The van der Waals surface area contributed by atoms with Gasteiger partial charge in [-0.1, -0.05) is 24.3 Å². The number of hydrogen-bond donors (Lipinski definition) is 2. The smallest absolute Gasteiger partial charge is 0.262 e. The minimum absolute atomic E-state index is 0. The van der Waals surface area contributed by atoms with Crippen molar-refractivity contribution >= 4 is 18.3 Å². The third kappa shape index (κ3) is 3.41. The van der Waals surface area contributed by atoms with E-state index in [9.17, 15) is 13.6 Å². The summed E-state index contributed by atoms with van der Waals surface area (Å²) in [4.78, 5) is 12.0. The van der Waals surface area contributed by atoms with Crippen LogP contribution in [0.5, 0.6) is 0 Å². The van der Waals surface area contributed by atoms with Crippen LogP contribution in [0.4, 0.5) is 8.78 Å². The fraction of sp³-hybridized carbons (Fsp3) is 0.562. The minimum atomic E-state index is -2.77. The van der Waals surface area contributed by atoms with Gasteiger partial charge in [0.05, 0.1) is 12.6 Å². The zero-order chi connectivity index (χ0) is 15.1. The van der Waals surface area contributed by atoms with E-state index < -0.39 is 24.9 Å². The van der Waals surface area contributed by atoms with Gasteiger partial charge in [-0.25, -0.2) is 8.78 Å². The van der Waals surface area contributed by atoms with E-state index in [1.165, 1.54) is 11.1 Å². The van der Waals surface area contributed by atoms with Gasteiger partial charge < -0.3 is 5.32 Å². The number of carbonyl (C=O) groups excluding carboxylic acids is 1. The average Bonchev–Trinajstić information content (AvgIpc) is 3.14. The molecule has 122 valence electrons. The number of amides is 1. The van der Waals surface area contributed by atoms with Crippen LogP contribution in [0.15, 0.2) is 24.3 Å². The van der Waals surface area contributed by atoms with Crippen LogP contribution in [-0.2, 0) is 10.2 Å². The van der Waals surface area contributed by atoms with Crippen molar-refractivity contribution < 1.29 is 13.6 Å². The van der Waals surface area contributed by atoms with E-state index >= 15 is 0 Å². The largest absolute Gasteiger partial charge is 0.354 e. The molecule has 1 aliphatic heterocycles. The molecule has 0 radical (unpaired) electrons. The van der Waals surface area contributed by atoms with Crippen LogP contribution in [0, 0.1) is 6.92 Å². The third-order valence-corrected chi connectivity index (χ3v) is 4.60. The summed E-state index contributed by atoms with van der Waals surface area (Å²) in [5, 5.41) is 5.45. The molecular weight excluding hydrogens is 310 g/mol. The second kappa shape index (κ2) is 6.13. The molecule has 1 saturated heterocycles. The standard InChI is InChI=1S/C16H20F2N2O.ClH/c1-11-4-2-3-5-12(11)15(6-7-15)9-20-14(21)13-8-16(17,18)10-19-13;/h2-5,13,19H,6-10H2,1H3,(H,20,21);1H. The van der Waals surface area contributed by atoms with Gasteiger partial charge in [-0.3, -0.25) is 10.1 Å². The first-order valence-electron chi connectivity index (χ1n) is 7.37. The van der Waals surface area contributed by atoms with Crippen LogP contribution in [0.1, 0.15) is 30.4 Å². The second-order valence-electron chi connectivity index (χ2n) is 6.31. The van der Waals surface area contributed by atoms with Crippen molar-refractivity contribution in [3.63, 3.8) is 0 Å². The second-order valence-corrected chi connectivity index (χ2v) is 6.31. The van der Waals surface area contributed by atoms with Gasteiger partial charge in [-0.2, -0.15) is 0 Å². The molecule has 1 aromatic carbocycles. The number of carbonyl (C=O) groups is 1. The Labute approximate surface area is 135 Å². The Morgan fingerprint density at radius 1 is 1.36 bits per heavy atom. The van der Waals surface area contributed by atoms with Gasteiger partial charge in [-0.15, -0.1) is 12.4 Å². The van der Waals surface area contributed by atoms with Crippen LogP contribution in [0.25, 0.3) is 0 Å². The lowest BCUT2D eigenvalue weighted by atomic mass is 9.92. The molecule has 1 atom stereocenters. The zero-order valence-electron chi connectivity index (χ0n) is 12.5. The van der Waals surface area contributed by atoms with Gasteiger partial charge >= 0.3 is 0 Å². The lowest BCUT2D eigenvalue weighted by molar-refractivity contribution is -0.123. The summed E-state index contributed by atoms with van der Waals surface area (Å²) < 4.78 is 26.2. The molecule has 22 heavy (non-hydrogen) atoms. The van der Waals surface area contributed by atoms with Crippen LogP contribution in [0.2, 0.25) is 0 Å². The van der Waals surface area contributed by atoms with E-state index in [0.717, 1.165) is 12.8 Å². The molecule has 0 bridgehead atoms. The monoisotopic (exact) mass is 330 g/mol. The molecule has 2 N–H and O–H groups in total. The Morgan fingerprint density at radius 3 is 2.59 bits per heavy atom. The first-order valence-corrected chi connectivity index (χ1v) is 7.37. The molecule has 1 saturated carbocycles. The fourth-order valence-electron chi connectivity index (χ4n) is 3.14. The summed E-state index contributed by atoms with van der Waals surface area (Å²) in [7, 11) is 0. The number of benzene rings is 1. The van der Waals surface area contributed by atoms with Gasteiger partial charge in [-0.05, 0) is 30.9 Å². The summed E-state index contributed by atoms with van der Waals surface area (Å²) in [6.45, 7) is 2.19. The maximum absolute atomic E-state index is 13.1. The van der Waals surface area contributed by atoms with Gasteiger partial charge in [0, 0.05) is 18.4 Å². The highest BCUT2D eigenvalue weighted by Gasteiger charge is 2.46. The predicted octanol–water partition coefficient (Wildman–Crippen LogP) is 2.56. The molecule has 0 aromatic heterocycles. The topological polar surface area (TPSA) is 41.1 Å². The molecule has 1 aliphatic carbocycles. The maximum atomic E-state index is 13.1. The summed E-state index contributed by atoms with van der Waals surface area (Å²) in [6, 6.07) is 7.39. The molecule has 3 nitrogen and oxygen atoms in total. The first kappa shape index (κ1) is 17.2. The van der Waals surface area contributed by atoms with Crippen molar-refractivity contribution in [2.45, 2.75) is 43.6 Å². The number of alkyl halides is 2. The van der Waals surface area contributed by atoms with Gasteiger partial charge in [0.25, 0.3) is 5.92 Å². The van der Waals surface area contributed by atoms with Crippen molar-refractivity contribution in [3.8, 4) is 0 Å². The number of aryl methyl sites for hydroxylation is 1. The van der Waals surface area contributed by atoms with Gasteiger partial charge in [0.15, 0.2) is 0 Å². The normalized spacial score (nSPS) is 24.4. The Bertz CT molecular complexity index is 561. The molecular formula is C16H21ClF2N2O. The van der Waals surface area contributed by atoms with E-state index in [0.29, 0.717) is 6.54 Å². The fourth-order valence-corrected chi connectivity index (χ4v) is 3.14. The summed E-state index contributed by atoms with van der Waals surface area (Å²) in [6.07, 6.45) is 1.66. The molecule has 0 spiro atoms. The molecule has 1 heterocycles. The quantitative estimate of drug-likeness (QED) is 0.891. The van der Waals surface area contributed by atoms with Crippen molar-refractivity contribution in [1.29, 1.82) is 0 Å². The number of rotatable bonds is 4. The van der Waals surface area contributed by atoms with Crippen LogP contribution < -0.4 is 10.6 Å². The molecule has 2 fully saturated rings. The first-order chi connectivity index (χ1) is 9.92. The van der Waals surface area contributed by atoms with Gasteiger partial charge in [0.1, 0.15) is 0 Å². The Kier molecular flexibility index (Phi) is 4.78. The highest BCUT2D eigenvalue weighted by molar-refractivity contribution is 5.85. The summed E-state index contributed by atoms with van der Waals surface area (Å²) in [5.41, 5.74) is 2.48. The highest BCUT2D eigenvalue weighted by Crippen LogP contribution is 2.48. The van der Waals surface area contributed by atoms with E-state index in [1.54, 1.807) is 0 Å². The van der Waals surface area contributed by atoms with E-state index in [1.807, 2.05) is 12.1 Å². The maximum Gasteiger partial charge on any atom is 0.262 e. The van der Waals surface area contributed by atoms with E-state index in [2.05, 4.69) is 29.7 Å². The van der Waals surface area contributed by atoms with Crippen LogP contribution in [-0.4, -0.2) is 31.0 Å². The molecule has 1 amide bonds. The van der Waals surface area contributed by atoms with Crippen molar-refractivity contribution in [1.82, 2.24) is 10.6 Å². The number of halogens is 3. The van der Waals surface area contributed by atoms with Crippen molar-refractivity contribution in [2.75, 3.05) is 13.1 Å². The Hall–Kier alpha value is -1.20.